The third-order valence-electron chi connectivity index (χ3n) is 4.53. The highest BCUT2D eigenvalue weighted by molar-refractivity contribution is 6.30. The quantitative estimate of drug-likeness (QED) is 0.615. The molecule has 0 atom stereocenters. The molecule has 0 spiro atoms. The number of pyridine rings is 1. The van der Waals surface area contributed by atoms with Crippen LogP contribution < -0.4 is 20.1 Å². The van der Waals surface area contributed by atoms with Crippen molar-refractivity contribution in [3.8, 4) is 17.2 Å². The van der Waals surface area contributed by atoms with E-state index in [2.05, 4.69) is 10.1 Å². The number of nitrogen functional groups attached to an aromatic ring is 1. The lowest BCUT2D eigenvalue weighted by atomic mass is 10.2. The Morgan fingerprint density at radius 2 is 2.03 bits per heavy atom. The van der Waals surface area contributed by atoms with E-state index in [9.17, 15) is 4.79 Å². The largest absolute Gasteiger partial charge is 0.494 e. The maximum absolute atomic E-state index is 12.7. The summed E-state index contributed by atoms with van der Waals surface area (Å²) in [7, 11) is 1.54. The highest BCUT2D eigenvalue weighted by Crippen LogP contribution is 2.41. The molecule has 3 heterocycles. The van der Waals surface area contributed by atoms with Gasteiger partial charge in [-0.2, -0.15) is 0 Å². The summed E-state index contributed by atoms with van der Waals surface area (Å²) in [5.41, 5.74) is 7.26. The Hall–Kier alpha value is -3.20. The molecule has 3 aromatic rings. The van der Waals surface area contributed by atoms with Crippen molar-refractivity contribution in [3.63, 3.8) is 0 Å². The van der Waals surface area contributed by atoms with Gasteiger partial charge in [-0.3, -0.25) is 4.90 Å². The standard InChI is InChI=1S/C20H22ClN5O4/c1-20(2,3)30-19(27)25-5-6-29-16-8-14(15(28-4)7-13(16)25)26-12-9-17(21)23-10-11(12)18(22)24-26/h7-10H,5-6H2,1-4H3,(H2,22,24). The first-order valence-electron chi connectivity index (χ1n) is 9.33. The molecule has 9 nitrogen and oxygen atoms in total. The second-order valence-corrected chi connectivity index (χ2v) is 8.18. The first kappa shape index (κ1) is 20.1. The molecule has 0 saturated carbocycles. The second kappa shape index (κ2) is 7.24. The van der Waals surface area contributed by atoms with Crippen molar-refractivity contribution in [1.82, 2.24) is 14.8 Å². The molecule has 0 unspecified atom stereocenters. The average molecular weight is 432 g/mol. The van der Waals surface area contributed by atoms with Crippen molar-refractivity contribution in [3.05, 3.63) is 29.5 Å². The van der Waals surface area contributed by atoms with Gasteiger partial charge >= 0.3 is 6.09 Å². The number of halogens is 1. The minimum Gasteiger partial charge on any atom is -0.494 e. The van der Waals surface area contributed by atoms with Gasteiger partial charge in [-0.1, -0.05) is 11.6 Å². The van der Waals surface area contributed by atoms with E-state index in [0.29, 0.717) is 57.9 Å². The molecule has 0 fully saturated rings. The number of amides is 1. The maximum Gasteiger partial charge on any atom is 0.415 e. The van der Waals surface area contributed by atoms with Gasteiger partial charge in [-0.15, -0.1) is 5.10 Å². The van der Waals surface area contributed by atoms with Crippen molar-refractivity contribution in [2.75, 3.05) is 30.9 Å². The van der Waals surface area contributed by atoms with E-state index in [1.54, 1.807) is 29.1 Å². The lowest BCUT2D eigenvalue weighted by molar-refractivity contribution is 0.0567. The molecule has 10 heteroatoms. The Morgan fingerprint density at radius 1 is 1.27 bits per heavy atom. The highest BCUT2D eigenvalue weighted by atomic mass is 35.5. The third-order valence-corrected chi connectivity index (χ3v) is 4.73. The molecule has 0 saturated heterocycles. The number of methoxy groups -OCH3 is 1. The van der Waals surface area contributed by atoms with Gasteiger partial charge in [-0.25, -0.2) is 14.5 Å². The lowest BCUT2D eigenvalue weighted by Gasteiger charge is -2.32. The summed E-state index contributed by atoms with van der Waals surface area (Å²) >= 11 is 6.08. The topological polar surface area (TPSA) is 105 Å². The minimum absolute atomic E-state index is 0.310. The number of fused-ring (bicyclic) bond motifs is 2. The van der Waals surface area contributed by atoms with Crippen LogP contribution in [0.3, 0.4) is 0 Å². The number of benzene rings is 1. The molecule has 2 aromatic heterocycles. The molecule has 158 valence electrons. The molecule has 1 aliphatic rings. The van der Waals surface area contributed by atoms with Crippen molar-refractivity contribution < 1.29 is 19.0 Å². The van der Waals surface area contributed by atoms with Crippen LogP contribution in [0.15, 0.2) is 24.4 Å². The van der Waals surface area contributed by atoms with Crippen LogP contribution in [0.2, 0.25) is 5.15 Å². The first-order valence-corrected chi connectivity index (χ1v) is 9.71. The molecule has 30 heavy (non-hydrogen) atoms. The zero-order valence-electron chi connectivity index (χ0n) is 17.1. The summed E-state index contributed by atoms with van der Waals surface area (Å²) in [6.45, 7) is 6.16. The number of rotatable bonds is 2. The van der Waals surface area contributed by atoms with Crippen LogP contribution in [0.25, 0.3) is 16.6 Å². The summed E-state index contributed by atoms with van der Waals surface area (Å²) in [6.07, 6.45) is 1.12. The number of aromatic nitrogens is 3. The van der Waals surface area contributed by atoms with Crippen molar-refractivity contribution in [2.24, 2.45) is 0 Å². The summed E-state index contributed by atoms with van der Waals surface area (Å²) in [4.78, 5) is 18.3. The molecule has 1 amide bonds. The number of carbonyl (C=O) groups is 1. The Kier molecular flexibility index (Phi) is 4.85. The Balaban J connectivity index is 1.84. The molecule has 1 aromatic carbocycles. The summed E-state index contributed by atoms with van der Waals surface area (Å²) in [6, 6.07) is 5.15. The normalized spacial score (nSPS) is 13.7. The minimum atomic E-state index is -0.613. The van der Waals surface area contributed by atoms with Crippen molar-refractivity contribution in [2.45, 2.75) is 26.4 Å². The van der Waals surface area contributed by atoms with Gasteiger partial charge < -0.3 is 19.9 Å². The number of carbonyl (C=O) groups excluding carboxylic acids is 1. The van der Waals surface area contributed by atoms with E-state index in [1.165, 1.54) is 12.0 Å². The van der Waals surface area contributed by atoms with Crippen LogP contribution in [-0.4, -0.2) is 46.7 Å². The van der Waals surface area contributed by atoms with Crippen LogP contribution in [-0.2, 0) is 4.74 Å². The number of ether oxygens (including phenoxy) is 3. The molecular formula is C20H22ClN5O4. The Morgan fingerprint density at radius 3 is 2.73 bits per heavy atom. The molecule has 0 aliphatic carbocycles. The van der Waals surface area contributed by atoms with Crippen LogP contribution in [0.1, 0.15) is 20.8 Å². The SMILES string of the molecule is COc1cc2c(cc1-n1nc(N)c3cnc(Cl)cc31)OCCN2C(=O)OC(C)(C)C. The van der Waals surface area contributed by atoms with Crippen LogP contribution in [0.5, 0.6) is 11.5 Å². The Bertz CT molecular complexity index is 1140. The smallest absolute Gasteiger partial charge is 0.415 e. The number of nitrogens with zero attached hydrogens (tertiary/aromatic N) is 4. The summed E-state index contributed by atoms with van der Waals surface area (Å²) in [5.74, 6) is 1.29. The fourth-order valence-corrected chi connectivity index (χ4v) is 3.41. The Labute approximate surface area is 178 Å². The molecule has 0 radical (unpaired) electrons. The molecule has 1 aliphatic heterocycles. The zero-order valence-corrected chi connectivity index (χ0v) is 17.9. The van der Waals surface area contributed by atoms with E-state index in [4.69, 9.17) is 31.5 Å². The first-order chi connectivity index (χ1) is 14.2. The van der Waals surface area contributed by atoms with Gasteiger partial charge in [0, 0.05) is 24.4 Å². The average Bonchev–Trinajstić information content (AvgIpc) is 3.00. The predicted molar refractivity (Wildman–Crippen MR) is 114 cm³/mol. The van der Waals surface area contributed by atoms with E-state index in [-0.39, 0.29) is 0 Å². The number of hydrogen-bond donors (Lipinski definition) is 1. The maximum atomic E-state index is 12.7. The highest BCUT2D eigenvalue weighted by Gasteiger charge is 2.30. The van der Waals surface area contributed by atoms with Gasteiger partial charge in [0.15, 0.2) is 5.82 Å². The zero-order chi connectivity index (χ0) is 21.6. The number of nitrogens with two attached hydrogens (primary N) is 1. The fraction of sp³-hybridized carbons (Fsp3) is 0.350. The van der Waals surface area contributed by atoms with Crippen molar-refractivity contribution >= 4 is 40.1 Å². The fourth-order valence-electron chi connectivity index (χ4n) is 3.26. The molecule has 2 N–H and O–H groups in total. The number of anilines is 2. The third kappa shape index (κ3) is 3.56. The lowest BCUT2D eigenvalue weighted by Crippen LogP contribution is -2.41. The van der Waals surface area contributed by atoms with E-state index in [0.717, 1.165) is 0 Å². The van der Waals surface area contributed by atoms with Gasteiger partial charge in [0.2, 0.25) is 0 Å². The van der Waals surface area contributed by atoms with Gasteiger partial charge in [0.05, 0.1) is 30.2 Å². The van der Waals surface area contributed by atoms with E-state index >= 15 is 0 Å². The second-order valence-electron chi connectivity index (χ2n) is 7.79. The molecular weight excluding hydrogens is 410 g/mol. The van der Waals surface area contributed by atoms with Gasteiger partial charge in [-0.05, 0) is 20.8 Å². The summed E-state index contributed by atoms with van der Waals surface area (Å²) in [5, 5.41) is 5.39. The van der Waals surface area contributed by atoms with Gasteiger partial charge in [0.25, 0.3) is 0 Å². The van der Waals surface area contributed by atoms with Crippen LogP contribution in [0, 0.1) is 0 Å². The van der Waals surface area contributed by atoms with Crippen LogP contribution >= 0.6 is 11.6 Å². The van der Waals surface area contributed by atoms with E-state index < -0.39 is 11.7 Å². The number of hydrogen-bond acceptors (Lipinski definition) is 7. The van der Waals surface area contributed by atoms with E-state index in [1.807, 2.05) is 20.8 Å². The predicted octanol–water partition coefficient (Wildman–Crippen LogP) is 3.80. The summed E-state index contributed by atoms with van der Waals surface area (Å²) < 4.78 is 18.6. The monoisotopic (exact) mass is 431 g/mol. The molecule has 0 bridgehead atoms. The van der Waals surface area contributed by atoms with Gasteiger partial charge in [0.1, 0.15) is 34.5 Å². The van der Waals surface area contributed by atoms with Crippen LogP contribution in [0.4, 0.5) is 16.3 Å². The van der Waals surface area contributed by atoms with Crippen molar-refractivity contribution in [1.29, 1.82) is 0 Å². The molecule has 4 rings (SSSR count).